The number of hydrogen-bond donors (Lipinski definition) is 1. The van der Waals surface area contributed by atoms with Crippen molar-refractivity contribution in [3.05, 3.63) is 150 Å². The number of likely N-dealkylation sites (N-methyl/N-ethyl adjacent to an activating group) is 1. The fourth-order valence-corrected chi connectivity index (χ4v) is 5.72. The number of carbonyl (C=O) groups excluding carboxylic acids is 1. The van der Waals surface area contributed by atoms with Gasteiger partial charge in [0, 0.05) is 24.8 Å². The number of para-hydroxylation sites is 1. The molecule has 0 unspecified atom stereocenters. The van der Waals surface area contributed by atoms with E-state index in [9.17, 15) is 9.90 Å². The molecule has 1 amide bonds. The van der Waals surface area contributed by atoms with Crippen LogP contribution in [0.25, 0.3) is 10.9 Å². The third-order valence-electron chi connectivity index (χ3n) is 8.06. The second-order valence-electron chi connectivity index (χ2n) is 10.7. The lowest BCUT2D eigenvalue weighted by Crippen LogP contribution is -2.38. The Morgan fingerprint density at radius 1 is 0.905 bits per heavy atom. The van der Waals surface area contributed by atoms with Crippen LogP contribution in [0.5, 0.6) is 5.75 Å². The second-order valence-corrected chi connectivity index (χ2v) is 10.7. The Morgan fingerprint density at radius 2 is 1.52 bits per heavy atom. The second kappa shape index (κ2) is 13.4. The minimum absolute atomic E-state index is 0.0633. The van der Waals surface area contributed by atoms with Crippen molar-refractivity contribution in [3.8, 4) is 5.75 Å². The average molecular weight is 559 g/mol. The van der Waals surface area contributed by atoms with E-state index in [0.29, 0.717) is 12.8 Å². The highest BCUT2D eigenvalue weighted by Crippen LogP contribution is 2.35. The third-order valence-corrected chi connectivity index (χ3v) is 8.06. The van der Waals surface area contributed by atoms with Crippen molar-refractivity contribution in [3.63, 3.8) is 0 Å². The number of amides is 1. The molecular formula is C37H38N2O3. The van der Waals surface area contributed by atoms with E-state index < -0.39 is 18.1 Å². The molecule has 0 aliphatic carbocycles. The number of aliphatic hydroxyl groups is 1. The first-order valence-corrected chi connectivity index (χ1v) is 14.4. The van der Waals surface area contributed by atoms with E-state index in [1.165, 1.54) is 16.6 Å². The Hall–Kier alpha value is -4.61. The molecule has 0 radical (unpaired) electrons. The van der Waals surface area contributed by atoms with Crippen LogP contribution in [0, 0.1) is 5.92 Å². The summed E-state index contributed by atoms with van der Waals surface area (Å²) in [6.07, 6.45) is 2.18. The Kier molecular flexibility index (Phi) is 9.20. The molecule has 42 heavy (non-hydrogen) atoms. The van der Waals surface area contributed by atoms with E-state index in [1.54, 1.807) is 25.1 Å². The van der Waals surface area contributed by atoms with Crippen LogP contribution in [0.1, 0.15) is 41.0 Å². The van der Waals surface area contributed by atoms with Gasteiger partial charge in [0.15, 0.2) is 0 Å². The molecule has 1 aromatic heterocycles. The topological polar surface area (TPSA) is 54.7 Å². The number of methoxy groups -OCH3 is 1. The lowest BCUT2D eigenvalue weighted by atomic mass is 9.92. The monoisotopic (exact) mass is 558 g/mol. The molecule has 5 heteroatoms. The van der Waals surface area contributed by atoms with Crippen molar-refractivity contribution in [2.45, 2.75) is 31.5 Å². The van der Waals surface area contributed by atoms with Gasteiger partial charge in [-0.3, -0.25) is 4.79 Å². The molecule has 4 aromatic carbocycles. The summed E-state index contributed by atoms with van der Waals surface area (Å²) in [5.41, 5.74) is 5.15. The largest absolute Gasteiger partial charge is 0.497 e. The SMILES string of the molecule is C=C[C@@H](CCc1cc2ccccc2n1Cc1ccc(OC)cc1)C(=O)N(C)[C@H](c1ccccc1)[C@H](O)c1ccccc1. The summed E-state index contributed by atoms with van der Waals surface area (Å²) >= 11 is 0. The van der Waals surface area contributed by atoms with Gasteiger partial charge in [-0.25, -0.2) is 0 Å². The van der Waals surface area contributed by atoms with E-state index >= 15 is 0 Å². The van der Waals surface area contributed by atoms with Gasteiger partial charge in [0.2, 0.25) is 5.91 Å². The van der Waals surface area contributed by atoms with E-state index in [1.807, 2.05) is 72.8 Å². The number of carbonyl (C=O) groups is 1. The van der Waals surface area contributed by atoms with Crippen LogP contribution >= 0.6 is 0 Å². The zero-order valence-electron chi connectivity index (χ0n) is 24.3. The van der Waals surface area contributed by atoms with Crippen LogP contribution in [0.4, 0.5) is 0 Å². The molecule has 3 atom stereocenters. The first kappa shape index (κ1) is 28.9. The first-order chi connectivity index (χ1) is 20.5. The Bertz CT molecular complexity index is 1610. The molecule has 0 fully saturated rings. The highest BCUT2D eigenvalue weighted by atomic mass is 16.5. The maximum atomic E-state index is 14.0. The van der Waals surface area contributed by atoms with Gasteiger partial charge >= 0.3 is 0 Å². The molecule has 0 saturated carbocycles. The van der Waals surface area contributed by atoms with Crippen LogP contribution in [-0.4, -0.2) is 34.6 Å². The minimum atomic E-state index is -0.875. The Balaban J connectivity index is 1.38. The average Bonchev–Trinajstić information content (AvgIpc) is 3.39. The molecule has 0 bridgehead atoms. The number of benzene rings is 4. The van der Waals surface area contributed by atoms with Crippen LogP contribution in [0.2, 0.25) is 0 Å². The van der Waals surface area contributed by atoms with Crippen molar-refractivity contribution < 1.29 is 14.6 Å². The first-order valence-electron chi connectivity index (χ1n) is 14.4. The van der Waals surface area contributed by atoms with Gasteiger partial charge < -0.3 is 19.3 Å². The highest BCUT2D eigenvalue weighted by molar-refractivity contribution is 5.82. The van der Waals surface area contributed by atoms with Crippen LogP contribution in [-0.2, 0) is 17.8 Å². The molecule has 0 aliphatic rings. The van der Waals surface area contributed by atoms with E-state index in [-0.39, 0.29) is 5.91 Å². The molecule has 5 nitrogen and oxygen atoms in total. The minimum Gasteiger partial charge on any atom is -0.497 e. The van der Waals surface area contributed by atoms with Gasteiger partial charge in [-0.2, -0.15) is 0 Å². The molecule has 214 valence electrons. The highest BCUT2D eigenvalue weighted by Gasteiger charge is 2.32. The van der Waals surface area contributed by atoms with E-state index in [0.717, 1.165) is 28.9 Å². The fraction of sp³-hybridized carbons (Fsp3) is 0.216. The quantitative estimate of drug-likeness (QED) is 0.163. The van der Waals surface area contributed by atoms with Gasteiger partial charge in [-0.1, -0.05) is 97.1 Å². The molecular weight excluding hydrogens is 520 g/mol. The summed E-state index contributed by atoms with van der Waals surface area (Å²) in [5.74, 6) is 0.363. The zero-order valence-corrected chi connectivity index (χ0v) is 24.3. The number of aromatic nitrogens is 1. The van der Waals surface area contributed by atoms with Gasteiger partial charge in [0.25, 0.3) is 0 Å². The van der Waals surface area contributed by atoms with Gasteiger partial charge in [-0.15, -0.1) is 6.58 Å². The standard InChI is InChI=1S/C37H38N2O3/c1-4-28(37(41)38(2)35(29-13-7-5-8-14-29)36(40)30-15-9-6-10-16-30)21-22-32-25-31-17-11-12-18-34(31)39(32)26-27-19-23-33(42-3)24-20-27/h4-20,23-25,28,35-36,40H,1,21-22,26H2,2-3H3/t28-,35+,36+/m0/s1. The molecule has 1 heterocycles. The molecule has 0 saturated heterocycles. The number of ether oxygens (including phenoxy) is 1. The number of aryl methyl sites for hydroxylation is 1. The summed E-state index contributed by atoms with van der Waals surface area (Å²) in [6.45, 7) is 4.75. The van der Waals surface area contributed by atoms with E-state index in [4.69, 9.17) is 4.74 Å². The van der Waals surface area contributed by atoms with Gasteiger partial charge in [0.1, 0.15) is 11.9 Å². The number of nitrogens with zero attached hydrogens (tertiary/aromatic N) is 2. The lowest BCUT2D eigenvalue weighted by molar-refractivity contribution is -0.137. The molecule has 5 aromatic rings. The number of aliphatic hydroxyl groups excluding tert-OH is 1. The predicted molar refractivity (Wildman–Crippen MR) is 169 cm³/mol. The maximum absolute atomic E-state index is 14.0. The summed E-state index contributed by atoms with van der Waals surface area (Å²) in [7, 11) is 3.45. The number of rotatable bonds is 12. The van der Waals surface area contributed by atoms with Crippen molar-refractivity contribution in [2.24, 2.45) is 5.92 Å². The van der Waals surface area contributed by atoms with Gasteiger partial charge in [-0.05, 0) is 59.2 Å². The smallest absolute Gasteiger partial charge is 0.229 e. The van der Waals surface area contributed by atoms with Crippen molar-refractivity contribution in [1.82, 2.24) is 9.47 Å². The lowest BCUT2D eigenvalue weighted by Gasteiger charge is -2.34. The summed E-state index contributed by atoms with van der Waals surface area (Å²) < 4.78 is 7.67. The summed E-state index contributed by atoms with van der Waals surface area (Å²) in [4.78, 5) is 15.7. The van der Waals surface area contributed by atoms with Crippen LogP contribution in [0.3, 0.4) is 0 Å². The molecule has 1 N–H and O–H groups in total. The van der Waals surface area contributed by atoms with Gasteiger partial charge in [0.05, 0.1) is 19.1 Å². The normalized spacial score (nSPS) is 13.3. The number of hydrogen-bond acceptors (Lipinski definition) is 3. The Labute approximate surface area is 248 Å². The maximum Gasteiger partial charge on any atom is 0.229 e. The van der Waals surface area contributed by atoms with Crippen molar-refractivity contribution in [2.75, 3.05) is 14.2 Å². The zero-order chi connectivity index (χ0) is 29.5. The van der Waals surface area contributed by atoms with Crippen molar-refractivity contribution >= 4 is 16.8 Å². The Morgan fingerprint density at radius 3 is 2.17 bits per heavy atom. The summed E-state index contributed by atoms with van der Waals surface area (Å²) in [6, 6.07) is 37.4. The van der Waals surface area contributed by atoms with Crippen molar-refractivity contribution in [1.29, 1.82) is 0 Å². The predicted octanol–water partition coefficient (Wildman–Crippen LogP) is 7.37. The molecule has 5 rings (SSSR count). The van der Waals surface area contributed by atoms with E-state index in [2.05, 4.69) is 53.6 Å². The molecule has 0 spiro atoms. The third kappa shape index (κ3) is 6.32. The summed E-state index contributed by atoms with van der Waals surface area (Å²) in [5, 5.41) is 12.7. The van der Waals surface area contributed by atoms with Crippen LogP contribution < -0.4 is 4.74 Å². The number of fused-ring (bicyclic) bond motifs is 1. The van der Waals surface area contributed by atoms with Crippen LogP contribution in [0.15, 0.2) is 128 Å². The molecule has 0 aliphatic heterocycles. The fourth-order valence-electron chi connectivity index (χ4n) is 5.72.